The minimum Gasteiger partial charge on any atom is -0.426 e. The van der Waals surface area contributed by atoms with E-state index in [4.69, 9.17) is 4.74 Å². The lowest BCUT2D eigenvalue weighted by molar-refractivity contribution is -0.136. The Kier molecular flexibility index (Phi) is 5.07. The molecule has 1 saturated carbocycles. The largest absolute Gasteiger partial charge is 0.426 e. The highest BCUT2D eigenvalue weighted by Crippen LogP contribution is 2.43. The van der Waals surface area contributed by atoms with Crippen LogP contribution < -0.4 is 9.64 Å². The number of hydrogen-bond acceptors (Lipinski definition) is 4. The van der Waals surface area contributed by atoms with Gasteiger partial charge in [0, 0.05) is 38.8 Å². The lowest BCUT2D eigenvalue weighted by atomic mass is 10.2. The molecule has 130 valence electrons. The van der Waals surface area contributed by atoms with Crippen LogP contribution in [0.2, 0.25) is 0 Å². The first kappa shape index (κ1) is 16.8. The molecule has 5 nitrogen and oxygen atoms in total. The average molecular weight is 330 g/mol. The Morgan fingerprint density at radius 1 is 1.12 bits per heavy atom. The van der Waals surface area contributed by atoms with Crippen LogP contribution in [0, 0.1) is 11.8 Å². The van der Waals surface area contributed by atoms with Gasteiger partial charge < -0.3 is 14.5 Å². The molecular weight excluding hydrogens is 304 g/mol. The molecule has 2 atom stereocenters. The van der Waals surface area contributed by atoms with E-state index < -0.39 is 0 Å². The summed E-state index contributed by atoms with van der Waals surface area (Å²) >= 11 is 0. The molecule has 1 aliphatic carbocycles. The SMILES string of the molecule is CCC[C@H]1C[C@H]1C(=O)Oc1ccc(N2CCN(C(C)=O)CC2)cc1. The minimum absolute atomic E-state index is 0.0868. The first-order chi connectivity index (χ1) is 11.6. The summed E-state index contributed by atoms with van der Waals surface area (Å²) in [7, 11) is 0. The molecule has 24 heavy (non-hydrogen) atoms. The average Bonchev–Trinajstić information content (AvgIpc) is 3.35. The van der Waals surface area contributed by atoms with Crippen molar-refractivity contribution in [3.8, 4) is 5.75 Å². The van der Waals surface area contributed by atoms with E-state index in [9.17, 15) is 9.59 Å². The van der Waals surface area contributed by atoms with Crippen molar-refractivity contribution in [1.29, 1.82) is 0 Å². The summed E-state index contributed by atoms with van der Waals surface area (Å²) < 4.78 is 5.50. The predicted octanol–water partition coefficient (Wildman–Crippen LogP) is 2.70. The highest BCUT2D eigenvalue weighted by molar-refractivity contribution is 5.78. The van der Waals surface area contributed by atoms with E-state index in [2.05, 4.69) is 11.8 Å². The molecule has 2 aliphatic rings. The molecule has 0 aromatic heterocycles. The molecule has 1 heterocycles. The first-order valence-corrected chi connectivity index (χ1v) is 8.90. The van der Waals surface area contributed by atoms with Gasteiger partial charge in [0.2, 0.25) is 5.91 Å². The summed E-state index contributed by atoms with van der Waals surface area (Å²) in [5.41, 5.74) is 1.10. The fraction of sp³-hybridized carbons (Fsp3) is 0.579. The van der Waals surface area contributed by atoms with Crippen LogP contribution in [-0.4, -0.2) is 43.0 Å². The number of ether oxygens (including phenoxy) is 1. The number of carbonyl (C=O) groups excluding carboxylic acids is 2. The molecule has 1 saturated heterocycles. The van der Waals surface area contributed by atoms with Gasteiger partial charge in [0.05, 0.1) is 5.92 Å². The third kappa shape index (κ3) is 3.89. The van der Waals surface area contributed by atoms with Crippen LogP contribution in [0.4, 0.5) is 5.69 Å². The van der Waals surface area contributed by atoms with Crippen LogP contribution in [0.15, 0.2) is 24.3 Å². The van der Waals surface area contributed by atoms with Gasteiger partial charge in [-0.05, 0) is 43.0 Å². The maximum absolute atomic E-state index is 12.1. The van der Waals surface area contributed by atoms with E-state index in [0.29, 0.717) is 11.7 Å². The Hall–Kier alpha value is -2.04. The third-order valence-electron chi connectivity index (χ3n) is 5.03. The zero-order valence-corrected chi connectivity index (χ0v) is 14.5. The monoisotopic (exact) mass is 330 g/mol. The first-order valence-electron chi connectivity index (χ1n) is 8.90. The highest BCUT2D eigenvalue weighted by Gasteiger charge is 2.43. The lowest BCUT2D eigenvalue weighted by Crippen LogP contribution is -2.48. The summed E-state index contributed by atoms with van der Waals surface area (Å²) in [5, 5.41) is 0. The third-order valence-corrected chi connectivity index (χ3v) is 5.03. The number of anilines is 1. The molecule has 0 unspecified atom stereocenters. The van der Waals surface area contributed by atoms with Crippen molar-refractivity contribution in [2.75, 3.05) is 31.1 Å². The summed E-state index contributed by atoms with van der Waals surface area (Å²) in [6.45, 7) is 6.94. The number of rotatable bonds is 5. The van der Waals surface area contributed by atoms with E-state index in [0.717, 1.165) is 51.1 Å². The summed E-state index contributed by atoms with van der Waals surface area (Å²) in [5.74, 6) is 1.30. The Morgan fingerprint density at radius 3 is 2.38 bits per heavy atom. The Labute approximate surface area is 143 Å². The highest BCUT2D eigenvalue weighted by atomic mass is 16.5. The smallest absolute Gasteiger partial charge is 0.314 e. The van der Waals surface area contributed by atoms with Crippen LogP contribution >= 0.6 is 0 Å². The molecule has 5 heteroatoms. The summed E-state index contributed by atoms with van der Waals surface area (Å²) in [4.78, 5) is 27.6. The molecule has 0 N–H and O–H groups in total. The molecule has 1 aromatic rings. The van der Waals surface area contributed by atoms with Gasteiger partial charge in [0.25, 0.3) is 0 Å². The van der Waals surface area contributed by atoms with Gasteiger partial charge in [-0.3, -0.25) is 9.59 Å². The standard InChI is InChI=1S/C19H26N2O3/c1-3-4-15-13-18(15)19(23)24-17-7-5-16(6-8-17)21-11-9-20(10-12-21)14(2)22/h5-8,15,18H,3-4,9-13H2,1-2H3/t15-,18+/m0/s1. The van der Waals surface area contributed by atoms with Crippen molar-refractivity contribution < 1.29 is 14.3 Å². The fourth-order valence-electron chi connectivity index (χ4n) is 3.42. The van der Waals surface area contributed by atoms with Gasteiger partial charge in [-0.2, -0.15) is 0 Å². The maximum Gasteiger partial charge on any atom is 0.314 e. The van der Waals surface area contributed by atoms with Crippen molar-refractivity contribution in [3.63, 3.8) is 0 Å². The van der Waals surface area contributed by atoms with Crippen LogP contribution in [0.3, 0.4) is 0 Å². The van der Waals surface area contributed by atoms with Gasteiger partial charge in [-0.1, -0.05) is 13.3 Å². The fourth-order valence-corrected chi connectivity index (χ4v) is 3.42. The minimum atomic E-state index is -0.0868. The quantitative estimate of drug-likeness (QED) is 0.615. The molecule has 0 spiro atoms. The second-order valence-corrected chi connectivity index (χ2v) is 6.80. The molecule has 0 radical (unpaired) electrons. The van der Waals surface area contributed by atoms with Crippen molar-refractivity contribution in [2.24, 2.45) is 11.8 Å². The van der Waals surface area contributed by atoms with Crippen LogP contribution in [-0.2, 0) is 9.59 Å². The molecule has 1 aliphatic heterocycles. The van der Waals surface area contributed by atoms with Gasteiger partial charge in [0.15, 0.2) is 0 Å². The summed E-state index contributed by atoms with van der Waals surface area (Å²) in [6, 6.07) is 7.70. The molecule has 1 amide bonds. The maximum atomic E-state index is 12.1. The zero-order valence-electron chi connectivity index (χ0n) is 14.5. The number of esters is 1. The van der Waals surface area contributed by atoms with Gasteiger partial charge >= 0.3 is 5.97 Å². The number of carbonyl (C=O) groups is 2. The molecule has 0 bridgehead atoms. The van der Waals surface area contributed by atoms with Gasteiger partial charge in [-0.25, -0.2) is 0 Å². The number of benzene rings is 1. The number of amides is 1. The molecule has 1 aromatic carbocycles. The predicted molar refractivity (Wildman–Crippen MR) is 93.0 cm³/mol. The Bertz CT molecular complexity index is 591. The number of hydrogen-bond donors (Lipinski definition) is 0. The Morgan fingerprint density at radius 2 is 1.79 bits per heavy atom. The van der Waals surface area contributed by atoms with Crippen LogP contribution in [0.25, 0.3) is 0 Å². The molecular formula is C19H26N2O3. The number of piperazine rings is 1. The van der Waals surface area contributed by atoms with E-state index >= 15 is 0 Å². The van der Waals surface area contributed by atoms with Gasteiger partial charge in [0.1, 0.15) is 5.75 Å². The molecule has 2 fully saturated rings. The van der Waals surface area contributed by atoms with Crippen molar-refractivity contribution in [2.45, 2.75) is 33.1 Å². The molecule has 3 rings (SSSR count). The van der Waals surface area contributed by atoms with E-state index in [1.54, 1.807) is 6.92 Å². The van der Waals surface area contributed by atoms with Crippen LogP contribution in [0.1, 0.15) is 33.1 Å². The van der Waals surface area contributed by atoms with Crippen molar-refractivity contribution >= 4 is 17.6 Å². The van der Waals surface area contributed by atoms with E-state index in [1.807, 2.05) is 29.2 Å². The Balaban J connectivity index is 1.51. The second-order valence-electron chi connectivity index (χ2n) is 6.80. The van der Waals surface area contributed by atoms with E-state index in [1.165, 1.54) is 0 Å². The van der Waals surface area contributed by atoms with Crippen molar-refractivity contribution in [3.05, 3.63) is 24.3 Å². The second kappa shape index (κ2) is 7.24. The number of nitrogens with zero attached hydrogens (tertiary/aromatic N) is 2. The normalized spacial score (nSPS) is 23.1. The van der Waals surface area contributed by atoms with Gasteiger partial charge in [-0.15, -0.1) is 0 Å². The topological polar surface area (TPSA) is 49.9 Å². The lowest BCUT2D eigenvalue weighted by Gasteiger charge is -2.35. The van der Waals surface area contributed by atoms with Crippen molar-refractivity contribution in [1.82, 2.24) is 4.90 Å². The van der Waals surface area contributed by atoms with E-state index in [-0.39, 0.29) is 17.8 Å². The van der Waals surface area contributed by atoms with Crippen LogP contribution in [0.5, 0.6) is 5.75 Å². The summed E-state index contributed by atoms with van der Waals surface area (Å²) in [6.07, 6.45) is 3.22. The zero-order chi connectivity index (χ0) is 17.1.